The van der Waals surface area contributed by atoms with Gasteiger partial charge in [-0.05, 0) is 38.0 Å². The van der Waals surface area contributed by atoms with Gasteiger partial charge in [0.1, 0.15) is 0 Å². The van der Waals surface area contributed by atoms with E-state index in [1.807, 2.05) is 18.2 Å². The van der Waals surface area contributed by atoms with Crippen molar-refractivity contribution in [3.8, 4) is 22.8 Å². The smallest absolute Gasteiger partial charge is 0.258 e. The molecule has 0 saturated heterocycles. The topological polar surface area (TPSA) is 112 Å². The van der Waals surface area contributed by atoms with Crippen molar-refractivity contribution >= 4 is 5.69 Å². The maximum absolute atomic E-state index is 10.0. The minimum absolute atomic E-state index is 0.0539. The summed E-state index contributed by atoms with van der Waals surface area (Å²) in [6, 6.07) is 5.96. The van der Waals surface area contributed by atoms with Gasteiger partial charge in [-0.1, -0.05) is 11.2 Å². The molecule has 1 aromatic carbocycles. The zero-order valence-corrected chi connectivity index (χ0v) is 13.4. The van der Waals surface area contributed by atoms with Gasteiger partial charge in [0.2, 0.25) is 5.82 Å². The molecule has 0 fully saturated rings. The largest absolute Gasteiger partial charge is 0.390 e. The lowest BCUT2D eigenvalue weighted by Crippen LogP contribution is -2.28. The molecule has 2 aromatic heterocycles. The van der Waals surface area contributed by atoms with Crippen molar-refractivity contribution in [2.24, 2.45) is 0 Å². The van der Waals surface area contributed by atoms with E-state index in [0.29, 0.717) is 18.1 Å². The maximum Gasteiger partial charge on any atom is 0.258 e. The van der Waals surface area contributed by atoms with Gasteiger partial charge >= 0.3 is 0 Å². The average Bonchev–Trinajstić information content (AvgIpc) is 3.26. The fraction of sp³-hybridized carbons (Fsp3) is 0.312. The lowest BCUT2D eigenvalue weighted by atomic mass is 9.94. The van der Waals surface area contributed by atoms with Crippen LogP contribution >= 0.6 is 0 Å². The quantitative estimate of drug-likeness (QED) is 0.582. The first kappa shape index (κ1) is 14.9. The summed E-state index contributed by atoms with van der Waals surface area (Å²) in [5.74, 6) is 0.937. The van der Waals surface area contributed by atoms with Crippen LogP contribution in [0.3, 0.4) is 0 Å². The Kier molecular flexibility index (Phi) is 3.36. The fourth-order valence-corrected chi connectivity index (χ4v) is 2.84. The minimum Gasteiger partial charge on any atom is -0.390 e. The number of aromatic amines is 1. The van der Waals surface area contributed by atoms with Gasteiger partial charge in [-0.25, -0.2) is 5.43 Å². The van der Waals surface area contributed by atoms with Gasteiger partial charge in [-0.15, -0.1) is 0 Å². The first-order valence-electron chi connectivity index (χ1n) is 7.71. The van der Waals surface area contributed by atoms with Crippen molar-refractivity contribution in [3.05, 3.63) is 36.2 Å². The zero-order valence-electron chi connectivity index (χ0n) is 13.4. The number of nitrogens with zero attached hydrogens (tertiary/aromatic N) is 3. The van der Waals surface area contributed by atoms with Gasteiger partial charge in [0.15, 0.2) is 0 Å². The van der Waals surface area contributed by atoms with Crippen LogP contribution in [0.5, 0.6) is 0 Å². The lowest BCUT2D eigenvalue weighted by molar-refractivity contribution is 0.0609. The number of nitrogens with one attached hydrogen (secondary N) is 3. The number of aliphatic hydroxyl groups is 1. The highest BCUT2D eigenvalue weighted by atomic mass is 16.5. The normalized spacial score (nSPS) is 16.9. The van der Waals surface area contributed by atoms with E-state index in [2.05, 4.69) is 31.2 Å². The Morgan fingerprint density at radius 1 is 1.29 bits per heavy atom. The van der Waals surface area contributed by atoms with Crippen molar-refractivity contribution < 1.29 is 9.63 Å². The molecule has 0 amide bonds. The number of hydrogen-bond acceptors (Lipinski definition) is 7. The first-order valence-corrected chi connectivity index (χ1v) is 7.71. The monoisotopic (exact) mass is 326 g/mol. The molecule has 1 unspecified atom stereocenters. The van der Waals surface area contributed by atoms with E-state index >= 15 is 0 Å². The second-order valence-corrected chi connectivity index (χ2v) is 6.55. The summed E-state index contributed by atoms with van der Waals surface area (Å²) in [5, 5.41) is 20.6. The lowest BCUT2D eigenvalue weighted by Gasteiger charge is -2.21. The molecule has 8 nitrogen and oxygen atoms in total. The Morgan fingerprint density at radius 2 is 2.17 bits per heavy atom. The third-order valence-corrected chi connectivity index (χ3v) is 3.94. The standard InChI is InChI=1S/C16H18N6O2/c1-16(2,23)6-13-11-4-3-9(5-12(11)20-21-13)15-19-14(22-24-15)10-7-17-18-8-10/h3-5,7-8,13,20-21,23H,6H2,1-2H3,(H,17,18). The number of aromatic nitrogens is 4. The Labute approximate surface area is 138 Å². The molecule has 0 bridgehead atoms. The molecule has 8 heteroatoms. The number of fused-ring (bicyclic) bond motifs is 1. The molecular formula is C16H18N6O2. The number of H-pyrrole nitrogens is 1. The van der Waals surface area contributed by atoms with Crippen LogP contribution in [-0.4, -0.2) is 31.0 Å². The van der Waals surface area contributed by atoms with Gasteiger partial charge in [0.05, 0.1) is 29.1 Å². The molecule has 3 aromatic rings. The summed E-state index contributed by atoms with van der Waals surface area (Å²) < 4.78 is 5.35. The van der Waals surface area contributed by atoms with Crippen LogP contribution in [0.1, 0.15) is 31.9 Å². The summed E-state index contributed by atoms with van der Waals surface area (Å²) in [4.78, 5) is 4.40. The van der Waals surface area contributed by atoms with E-state index in [9.17, 15) is 5.11 Å². The second-order valence-electron chi connectivity index (χ2n) is 6.55. The molecular weight excluding hydrogens is 308 g/mol. The SMILES string of the molecule is CC(C)(O)CC1NNc2cc(-c3nc(-c4cn[nH]c4)no3)ccc21. The van der Waals surface area contributed by atoms with Crippen LogP contribution in [0.2, 0.25) is 0 Å². The van der Waals surface area contributed by atoms with E-state index in [-0.39, 0.29) is 6.04 Å². The van der Waals surface area contributed by atoms with Crippen molar-refractivity contribution in [2.45, 2.75) is 31.9 Å². The predicted octanol–water partition coefficient (Wildman–Crippen LogP) is 2.26. The van der Waals surface area contributed by atoms with E-state index in [0.717, 1.165) is 22.4 Å². The van der Waals surface area contributed by atoms with Crippen molar-refractivity contribution in [1.29, 1.82) is 0 Å². The summed E-state index contributed by atoms with van der Waals surface area (Å²) >= 11 is 0. The molecule has 0 radical (unpaired) electrons. The first-order chi connectivity index (χ1) is 11.5. The molecule has 0 spiro atoms. The van der Waals surface area contributed by atoms with Crippen LogP contribution in [-0.2, 0) is 0 Å². The van der Waals surface area contributed by atoms with Crippen molar-refractivity contribution in [3.63, 3.8) is 0 Å². The second kappa shape index (κ2) is 5.43. The number of hydrogen-bond donors (Lipinski definition) is 4. The Bertz CT molecular complexity index is 850. The fourth-order valence-electron chi connectivity index (χ4n) is 2.84. The van der Waals surface area contributed by atoms with E-state index < -0.39 is 5.60 Å². The Hall–Kier alpha value is -2.71. The van der Waals surface area contributed by atoms with E-state index in [4.69, 9.17) is 4.52 Å². The highest BCUT2D eigenvalue weighted by Crippen LogP contribution is 2.36. The maximum atomic E-state index is 10.0. The van der Waals surface area contributed by atoms with Crippen LogP contribution in [0.25, 0.3) is 22.8 Å². The highest BCUT2D eigenvalue weighted by molar-refractivity contribution is 5.68. The van der Waals surface area contributed by atoms with Gasteiger partial charge in [-0.3, -0.25) is 5.10 Å². The van der Waals surface area contributed by atoms with Crippen molar-refractivity contribution in [2.75, 3.05) is 5.43 Å². The number of anilines is 1. The molecule has 4 rings (SSSR count). The van der Waals surface area contributed by atoms with Crippen LogP contribution in [0, 0.1) is 0 Å². The molecule has 0 aliphatic carbocycles. The molecule has 3 heterocycles. The Morgan fingerprint density at radius 3 is 2.92 bits per heavy atom. The van der Waals surface area contributed by atoms with Gasteiger partial charge in [-0.2, -0.15) is 10.1 Å². The molecule has 24 heavy (non-hydrogen) atoms. The molecule has 1 aliphatic heterocycles. The van der Waals surface area contributed by atoms with Crippen LogP contribution < -0.4 is 10.9 Å². The molecule has 1 aliphatic rings. The number of hydrazine groups is 1. The zero-order chi connectivity index (χ0) is 16.7. The minimum atomic E-state index is -0.744. The molecule has 124 valence electrons. The summed E-state index contributed by atoms with van der Waals surface area (Å²) in [6.45, 7) is 3.60. The molecule has 4 N–H and O–H groups in total. The third-order valence-electron chi connectivity index (χ3n) is 3.94. The van der Waals surface area contributed by atoms with Gasteiger partial charge in [0.25, 0.3) is 5.89 Å². The Balaban J connectivity index is 1.61. The summed E-state index contributed by atoms with van der Waals surface area (Å²) in [7, 11) is 0. The van der Waals surface area contributed by atoms with Gasteiger partial charge in [0, 0.05) is 11.8 Å². The average molecular weight is 326 g/mol. The van der Waals surface area contributed by atoms with Crippen molar-refractivity contribution in [1.82, 2.24) is 25.8 Å². The number of rotatable bonds is 4. The van der Waals surface area contributed by atoms with E-state index in [1.165, 1.54) is 0 Å². The third kappa shape index (κ3) is 2.77. The molecule has 0 saturated carbocycles. The number of benzene rings is 1. The highest BCUT2D eigenvalue weighted by Gasteiger charge is 2.28. The molecule has 1 atom stereocenters. The van der Waals surface area contributed by atoms with Gasteiger partial charge < -0.3 is 15.1 Å². The summed E-state index contributed by atoms with van der Waals surface area (Å²) in [6.07, 6.45) is 3.96. The van der Waals surface area contributed by atoms with Crippen LogP contribution in [0.4, 0.5) is 5.69 Å². The van der Waals surface area contributed by atoms with Crippen LogP contribution in [0.15, 0.2) is 35.1 Å². The predicted molar refractivity (Wildman–Crippen MR) is 87.7 cm³/mol. The van der Waals surface area contributed by atoms with E-state index in [1.54, 1.807) is 26.2 Å². The summed E-state index contributed by atoms with van der Waals surface area (Å²) in [5.41, 5.74) is 9.26.